The molecular weight excluding hydrogens is 576 g/mol. The Morgan fingerprint density at radius 3 is 1.39 bits per heavy atom. The second kappa shape index (κ2) is 12.5. The fraction of sp³-hybridized carbons (Fsp3) is 0.139. The largest absolute Gasteiger partial charge is 0.382 e. The van der Waals surface area contributed by atoms with Gasteiger partial charge in [0, 0.05) is 60.8 Å². The predicted octanol–water partition coefficient (Wildman–Crippen LogP) is 5.51. The van der Waals surface area contributed by atoms with Gasteiger partial charge in [-0.2, -0.15) is 5.10 Å². The molecule has 0 unspecified atom stereocenters. The number of benzene rings is 4. The molecule has 0 aliphatic carbocycles. The standard InChI is InChI=1S/C36H32N8O2/c1-44-32(36(46)40-21-19-38-34-25-12-4-8-16-29(25)42-30-17-9-5-13-26(30)34)22-31(43-44)35(45)39-20-18-37-33-23-10-2-6-14-27(23)41-28-15-7-3-11-24(28)33/h2-17,22H,18-21H2,1H3,(H,37,41)(H,38,42)(H,39,45)(H,40,46). The number of hydrogen-bond acceptors (Lipinski definition) is 7. The first kappa shape index (κ1) is 28.7. The van der Waals surface area contributed by atoms with E-state index in [0.717, 1.165) is 55.0 Å². The smallest absolute Gasteiger partial charge is 0.271 e. The lowest BCUT2D eigenvalue weighted by atomic mass is 10.1. The van der Waals surface area contributed by atoms with Gasteiger partial charge in [-0.25, -0.2) is 9.97 Å². The summed E-state index contributed by atoms with van der Waals surface area (Å²) in [5, 5.41) is 21.2. The lowest BCUT2D eigenvalue weighted by Crippen LogP contribution is -2.30. The van der Waals surface area contributed by atoms with E-state index < -0.39 is 0 Å². The van der Waals surface area contributed by atoms with Crippen LogP contribution in [0.5, 0.6) is 0 Å². The van der Waals surface area contributed by atoms with Gasteiger partial charge in [0.15, 0.2) is 5.69 Å². The fourth-order valence-electron chi connectivity index (χ4n) is 5.76. The highest BCUT2D eigenvalue weighted by Crippen LogP contribution is 2.31. The van der Waals surface area contributed by atoms with E-state index in [1.807, 2.05) is 97.1 Å². The van der Waals surface area contributed by atoms with Crippen molar-refractivity contribution in [3.05, 3.63) is 115 Å². The van der Waals surface area contributed by atoms with Crippen LogP contribution in [0.2, 0.25) is 0 Å². The first-order valence-electron chi connectivity index (χ1n) is 15.2. The zero-order chi connectivity index (χ0) is 31.5. The van der Waals surface area contributed by atoms with E-state index in [1.54, 1.807) is 7.05 Å². The molecule has 3 heterocycles. The number of hydrogen-bond donors (Lipinski definition) is 4. The molecule has 0 aliphatic heterocycles. The lowest BCUT2D eigenvalue weighted by Gasteiger charge is -2.13. The minimum absolute atomic E-state index is 0.181. The Balaban J connectivity index is 0.949. The van der Waals surface area contributed by atoms with Crippen LogP contribution in [0.1, 0.15) is 21.0 Å². The zero-order valence-electron chi connectivity index (χ0n) is 25.2. The maximum absolute atomic E-state index is 13.0. The molecule has 0 spiro atoms. The number of aromatic nitrogens is 4. The zero-order valence-corrected chi connectivity index (χ0v) is 25.2. The van der Waals surface area contributed by atoms with Crippen molar-refractivity contribution in [1.29, 1.82) is 0 Å². The third-order valence-corrected chi connectivity index (χ3v) is 7.95. The summed E-state index contributed by atoms with van der Waals surface area (Å²) in [6, 6.07) is 33.5. The van der Waals surface area contributed by atoms with Crippen LogP contribution in [-0.4, -0.2) is 57.7 Å². The summed E-state index contributed by atoms with van der Waals surface area (Å²) in [7, 11) is 1.65. The molecule has 10 nitrogen and oxygen atoms in total. The maximum Gasteiger partial charge on any atom is 0.271 e. The van der Waals surface area contributed by atoms with E-state index in [-0.39, 0.29) is 17.5 Å². The molecular formula is C36H32N8O2. The van der Waals surface area contributed by atoms with Crippen molar-refractivity contribution in [2.24, 2.45) is 7.05 Å². The summed E-state index contributed by atoms with van der Waals surface area (Å²) in [5.74, 6) is -0.655. The summed E-state index contributed by atoms with van der Waals surface area (Å²) in [4.78, 5) is 35.5. The van der Waals surface area contributed by atoms with Crippen LogP contribution >= 0.6 is 0 Å². The number of anilines is 2. The van der Waals surface area contributed by atoms with E-state index in [9.17, 15) is 9.59 Å². The predicted molar refractivity (Wildman–Crippen MR) is 183 cm³/mol. The van der Waals surface area contributed by atoms with Crippen molar-refractivity contribution in [1.82, 2.24) is 30.4 Å². The van der Waals surface area contributed by atoms with Crippen LogP contribution in [0, 0.1) is 0 Å². The van der Waals surface area contributed by atoms with Crippen LogP contribution in [0.4, 0.5) is 11.4 Å². The molecule has 4 N–H and O–H groups in total. The highest BCUT2D eigenvalue weighted by molar-refractivity contribution is 6.08. The van der Waals surface area contributed by atoms with Crippen LogP contribution < -0.4 is 21.3 Å². The van der Waals surface area contributed by atoms with Gasteiger partial charge in [0.2, 0.25) is 0 Å². The summed E-state index contributed by atoms with van der Waals surface area (Å²) in [6.45, 7) is 1.75. The second-order valence-electron chi connectivity index (χ2n) is 10.9. The van der Waals surface area contributed by atoms with Gasteiger partial charge in [-0.1, -0.05) is 72.8 Å². The fourth-order valence-corrected chi connectivity index (χ4v) is 5.76. The number of nitrogens with one attached hydrogen (secondary N) is 4. The molecule has 228 valence electrons. The first-order chi connectivity index (χ1) is 22.6. The van der Waals surface area contributed by atoms with E-state index >= 15 is 0 Å². The molecule has 7 rings (SSSR count). The molecule has 0 saturated carbocycles. The van der Waals surface area contributed by atoms with Gasteiger partial charge < -0.3 is 21.3 Å². The average molecular weight is 609 g/mol. The highest BCUT2D eigenvalue weighted by atomic mass is 16.2. The molecule has 10 heteroatoms. The van der Waals surface area contributed by atoms with Crippen molar-refractivity contribution < 1.29 is 9.59 Å². The van der Waals surface area contributed by atoms with Crippen molar-refractivity contribution in [3.63, 3.8) is 0 Å². The van der Waals surface area contributed by atoms with Gasteiger partial charge in [-0.05, 0) is 24.3 Å². The second-order valence-corrected chi connectivity index (χ2v) is 10.9. The first-order valence-corrected chi connectivity index (χ1v) is 15.2. The van der Waals surface area contributed by atoms with Gasteiger partial charge in [0.1, 0.15) is 5.69 Å². The van der Waals surface area contributed by atoms with Gasteiger partial charge in [0.25, 0.3) is 11.8 Å². The minimum Gasteiger partial charge on any atom is -0.382 e. The number of amides is 2. The number of carbonyl (C=O) groups excluding carboxylic acids is 2. The van der Waals surface area contributed by atoms with Crippen molar-refractivity contribution >= 4 is 66.8 Å². The van der Waals surface area contributed by atoms with Crippen LogP contribution in [0.3, 0.4) is 0 Å². The monoisotopic (exact) mass is 608 g/mol. The third-order valence-electron chi connectivity index (χ3n) is 7.95. The normalized spacial score (nSPS) is 11.2. The van der Waals surface area contributed by atoms with Crippen molar-refractivity contribution in [2.75, 3.05) is 36.8 Å². The molecule has 0 radical (unpaired) electrons. The molecule has 0 bridgehead atoms. The number of fused-ring (bicyclic) bond motifs is 4. The van der Waals surface area contributed by atoms with Crippen molar-refractivity contribution in [3.8, 4) is 0 Å². The molecule has 0 atom stereocenters. The molecule has 3 aromatic heterocycles. The molecule has 0 fully saturated rings. The molecule has 2 amide bonds. The molecule has 46 heavy (non-hydrogen) atoms. The number of pyridine rings is 2. The number of para-hydroxylation sites is 4. The van der Waals surface area contributed by atoms with Crippen LogP contribution in [0.15, 0.2) is 103 Å². The van der Waals surface area contributed by atoms with Gasteiger partial charge >= 0.3 is 0 Å². The van der Waals surface area contributed by atoms with E-state index in [1.165, 1.54) is 10.7 Å². The number of nitrogens with zero attached hydrogens (tertiary/aromatic N) is 4. The summed E-state index contributed by atoms with van der Waals surface area (Å²) < 4.78 is 1.43. The minimum atomic E-state index is -0.348. The quantitative estimate of drug-likeness (QED) is 0.119. The van der Waals surface area contributed by atoms with Crippen molar-refractivity contribution in [2.45, 2.75) is 0 Å². The Hall–Kier alpha value is -6.03. The Labute approximate surface area is 264 Å². The lowest BCUT2D eigenvalue weighted by molar-refractivity contribution is 0.0940. The third kappa shape index (κ3) is 5.63. The van der Waals surface area contributed by atoms with E-state index in [4.69, 9.17) is 9.97 Å². The summed E-state index contributed by atoms with van der Waals surface area (Å²) >= 11 is 0. The Morgan fingerprint density at radius 2 is 0.957 bits per heavy atom. The van der Waals surface area contributed by atoms with Crippen LogP contribution in [-0.2, 0) is 7.05 Å². The molecule has 0 aliphatic rings. The Bertz CT molecular complexity index is 2140. The Morgan fingerprint density at radius 1 is 0.565 bits per heavy atom. The maximum atomic E-state index is 13.0. The molecule has 0 saturated heterocycles. The van der Waals surface area contributed by atoms with E-state index in [0.29, 0.717) is 31.9 Å². The summed E-state index contributed by atoms with van der Waals surface area (Å²) in [6.07, 6.45) is 0. The summed E-state index contributed by atoms with van der Waals surface area (Å²) in [5.41, 5.74) is 6.07. The highest BCUT2D eigenvalue weighted by Gasteiger charge is 2.18. The number of rotatable bonds is 10. The van der Waals surface area contributed by atoms with E-state index in [2.05, 4.69) is 26.4 Å². The Kier molecular flexibility index (Phi) is 7.82. The number of aryl methyl sites for hydroxylation is 1. The van der Waals surface area contributed by atoms with Gasteiger partial charge in [0.05, 0.1) is 33.4 Å². The topological polar surface area (TPSA) is 126 Å². The number of carbonyl (C=O) groups is 2. The average Bonchev–Trinajstić information content (AvgIpc) is 3.49. The van der Waals surface area contributed by atoms with Crippen LogP contribution in [0.25, 0.3) is 43.6 Å². The van der Waals surface area contributed by atoms with Gasteiger partial charge in [-0.3, -0.25) is 14.3 Å². The van der Waals surface area contributed by atoms with Gasteiger partial charge in [-0.15, -0.1) is 0 Å². The molecule has 7 aromatic rings. The molecule has 4 aromatic carbocycles. The SMILES string of the molecule is Cn1nc(C(=O)NCCNc2c3ccccc3nc3ccccc23)cc1C(=O)NCCNc1c2ccccc2nc2ccccc12.